The van der Waals surface area contributed by atoms with E-state index in [-0.39, 0.29) is 17.9 Å². The van der Waals surface area contributed by atoms with Gasteiger partial charge in [0.25, 0.3) is 0 Å². The summed E-state index contributed by atoms with van der Waals surface area (Å²) in [6.07, 6.45) is 6.05. The number of nitrogens with one attached hydrogen (secondary N) is 1. The first-order chi connectivity index (χ1) is 13.9. The number of anilines is 1. The standard InChI is InChI=1S/C23H36N4O2/c1-18-9-11-20(12-10-18)24-22(28)17-26-13-15-27(16-14-26)19(2)23(29)25(3)21-7-5-4-6-8-21/h9-12,19,21H,4-8,13-17H2,1-3H3,(H,24,28)/t19-/m0/s1. The molecule has 1 N–H and O–H groups in total. The molecule has 2 aliphatic rings. The summed E-state index contributed by atoms with van der Waals surface area (Å²) in [5.41, 5.74) is 2.01. The van der Waals surface area contributed by atoms with Crippen LogP contribution in [-0.2, 0) is 9.59 Å². The van der Waals surface area contributed by atoms with E-state index in [4.69, 9.17) is 0 Å². The predicted octanol–water partition coefficient (Wildman–Crippen LogP) is 2.73. The van der Waals surface area contributed by atoms with Crippen LogP contribution in [-0.4, -0.2) is 78.4 Å². The molecule has 1 atom stereocenters. The molecule has 0 aromatic heterocycles. The van der Waals surface area contributed by atoms with Crippen molar-refractivity contribution < 1.29 is 9.59 Å². The Morgan fingerprint density at radius 3 is 2.31 bits per heavy atom. The summed E-state index contributed by atoms with van der Waals surface area (Å²) in [6, 6.07) is 8.17. The maximum Gasteiger partial charge on any atom is 0.239 e. The van der Waals surface area contributed by atoms with Crippen LogP contribution < -0.4 is 5.32 Å². The molecule has 1 aromatic carbocycles. The topological polar surface area (TPSA) is 55.9 Å². The molecule has 1 aromatic rings. The highest BCUT2D eigenvalue weighted by Crippen LogP contribution is 2.23. The molecule has 1 heterocycles. The van der Waals surface area contributed by atoms with Gasteiger partial charge in [-0.15, -0.1) is 0 Å². The lowest BCUT2D eigenvalue weighted by atomic mass is 9.94. The molecule has 2 fully saturated rings. The van der Waals surface area contributed by atoms with Crippen LogP contribution in [0, 0.1) is 6.92 Å². The van der Waals surface area contributed by atoms with E-state index in [0.29, 0.717) is 12.6 Å². The summed E-state index contributed by atoms with van der Waals surface area (Å²) in [5.74, 6) is 0.255. The Morgan fingerprint density at radius 2 is 1.69 bits per heavy atom. The van der Waals surface area contributed by atoms with Crippen LogP contribution in [0.5, 0.6) is 0 Å². The molecule has 160 valence electrons. The number of hydrogen-bond acceptors (Lipinski definition) is 4. The molecule has 29 heavy (non-hydrogen) atoms. The monoisotopic (exact) mass is 400 g/mol. The zero-order valence-corrected chi connectivity index (χ0v) is 18.2. The normalized spacial score (nSPS) is 20.2. The second kappa shape index (κ2) is 10.2. The lowest BCUT2D eigenvalue weighted by Crippen LogP contribution is -2.56. The van der Waals surface area contributed by atoms with Gasteiger partial charge < -0.3 is 10.2 Å². The van der Waals surface area contributed by atoms with Gasteiger partial charge in [-0.2, -0.15) is 0 Å². The number of aryl methyl sites for hydroxylation is 1. The fourth-order valence-corrected chi connectivity index (χ4v) is 4.45. The molecule has 1 aliphatic carbocycles. The Morgan fingerprint density at radius 1 is 1.07 bits per heavy atom. The van der Waals surface area contributed by atoms with Crippen LogP contribution in [0.15, 0.2) is 24.3 Å². The fraction of sp³-hybridized carbons (Fsp3) is 0.652. The van der Waals surface area contributed by atoms with Gasteiger partial charge in [-0.1, -0.05) is 37.0 Å². The second-order valence-electron chi connectivity index (χ2n) is 8.64. The van der Waals surface area contributed by atoms with Crippen LogP contribution in [0.3, 0.4) is 0 Å². The number of rotatable bonds is 6. The molecule has 0 radical (unpaired) electrons. The molecular formula is C23H36N4O2. The molecule has 6 heteroatoms. The van der Waals surface area contributed by atoms with Crippen molar-refractivity contribution in [1.82, 2.24) is 14.7 Å². The van der Waals surface area contributed by atoms with Crippen LogP contribution in [0.4, 0.5) is 5.69 Å². The molecule has 0 unspecified atom stereocenters. The number of hydrogen-bond donors (Lipinski definition) is 1. The summed E-state index contributed by atoms with van der Waals surface area (Å²) in [6.45, 7) is 7.72. The summed E-state index contributed by atoms with van der Waals surface area (Å²) in [4.78, 5) is 31.7. The number of likely N-dealkylation sites (N-methyl/N-ethyl adjacent to an activating group) is 1. The Hall–Kier alpha value is -1.92. The van der Waals surface area contributed by atoms with Crippen LogP contribution in [0.2, 0.25) is 0 Å². The number of amides is 2. The van der Waals surface area contributed by atoms with Crippen LogP contribution >= 0.6 is 0 Å². The average molecular weight is 401 g/mol. The van der Waals surface area contributed by atoms with Gasteiger partial charge in [0.05, 0.1) is 12.6 Å². The van der Waals surface area contributed by atoms with Gasteiger partial charge in [0, 0.05) is 45.0 Å². The van der Waals surface area contributed by atoms with Crippen molar-refractivity contribution in [1.29, 1.82) is 0 Å². The number of nitrogens with zero attached hydrogens (tertiary/aromatic N) is 3. The minimum absolute atomic E-state index is 0.0171. The zero-order chi connectivity index (χ0) is 20.8. The molecular weight excluding hydrogens is 364 g/mol. The lowest BCUT2D eigenvalue weighted by molar-refractivity contribution is -0.138. The maximum absolute atomic E-state index is 12.9. The van der Waals surface area contributed by atoms with E-state index in [1.165, 1.54) is 24.8 Å². The first kappa shape index (κ1) is 21.8. The van der Waals surface area contributed by atoms with Crippen molar-refractivity contribution in [2.45, 2.75) is 58.0 Å². The van der Waals surface area contributed by atoms with E-state index in [1.54, 1.807) is 0 Å². The highest BCUT2D eigenvalue weighted by atomic mass is 16.2. The van der Waals surface area contributed by atoms with Gasteiger partial charge >= 0.3 is 0 Å². The molecule has 3 rings (SSSR count). The lowest BCUT2D eigenvalue weighted by Gasteiger charge is -2.40. The number of benzene rings is 1. The van der Waals surface area contributed by atoms with Crippen molar-refractivity contribution in [3.05, 3.63) is 29.8 Å². The molecule has 1 saturated heterocycles. The molecule has 1 saturated carbocycles. The van der Waals surface area contributed by atoms with Crippen molar-refractivity contribution in [2.24, 2.45) is 0 Å². The Kier molecular flexibility index (Phi) is 7.67. The quantitative estimate of drug-likeness (QED) is 0.798. The van der Waals surface area contributed by atoms with Gasteiger partial charge in [0.15, 0.2) is 0 Å². The van der Waals surface area contributed by atoms with E-state index in [0.717, 1.165) is 44.7 Å². The summed E-state index contributed by atoms with van der Waals surface area (Å²) in [7, 11) is 1.97. The maximum atomic E-state index is 12.9. The van der Waals surface area contributed by atoms with Crippen LogP contribution in [0.1, 0.15) is 44.6 Å². The van der Waals surface area contributed by atoms with Crippen molar-refractivity contribution >= 4 is 17.5 Å². The van der Waals surface area contributed by atoms with Gasteiger partial charge in [-0.05, 0) is 38.8 Å². The highest BCUT2D eigenvalue weighted by molar-refractivity contribution is 5.92. The molecule has 0 spiro atoms. The number of carbonyl (C=O) groups excluding carboxylic acids is 2. The van der Waals surface area contributed by atoms with Crippen molar-refractivity contribution in [3.63, 3.8) is 0 Å². The predicted molar refractivity (Wildman–Crippen MR) is 117 cm³/mol. The van der Waals surface area contributed by atoms with Crippen molar-refractivity contribution in [3.8, 4) is 0 Å². The fourth-order valence-electron chi connectivity index (χ4n) is 4.45. The largest absolute Gasteiger partial charge is 0.341 e. The Balaban J connectivity index is 1.42. The summed E-state index contributed by atoms with van der Waals surface area (Å²) >= 11 is 0. The third-order valence-electron chi connectivity index (χ3n) is 6.48. The third kappa shape index (κ3) is 6.03. The minimum Gasteiger partial charge on any atom is -0.341 e. The average Bonchev–Trinajstić information content (AvgIpc) is 2.75. The number of piperazine rings is 1. The summed E-state index contributed by atoms with van der Waals surface area (Å²) in [5, 5.41) is 2.96. The van der Waals surface area contributed by atoms with E-state index in [1.807, 2.05) is 50.1 Å². The SMILES string of the molecule is Cc1ccc(NC(=O)CN2CCN([C@@H](C)C(=O)N(C)C3CCCCC3)CC2)cc1. The second-order valence-corrected chi connectivity index (χ2v) is 8.64. The molecule has 0 bridgehead atoms. The van der Waals surface area contributed by atoms with Gasteiger partial charge in [-0.3, -0.25) is 19.4 Å². The Bertz CT molecular complexity index is 677. The van der Waals surface area contributed by atoms with Gasteiger partial charge in [0.1, 0.15) is 0 Å². The molecule has 6 nitrogen and oxygen atoms in total. The van der Waals surface area contributed by atoms with E-state index in [9.17, 15) is 9.59 Å². The van der Waals surface area contributed by atoms with Gasteiger partial charge in [0.2, 0.25) is 11.8 Å². The Labute approximate surface area is 175 Å². The molecule has 2 amide bonds. The zero-order valence-electron chi connectivity index (χ0n) is 18.2. The highest BCUT2D eigenvalue weighted by Gasteiger charge is 2.31. The first-order valence-corrected chi connectivity index (χ1v) is 11.0. The van der Waals surface area contributed by atoms with E-state index < -0.39 is 0 Å². The summed E-state index contributed by atoms with van der Waals surface area (Å²) < 4.78 is 0. The van der Waals surface area contributed by atoms with E-state index >= 15 is 0 Å². The van der Waals surface area contributed by atoms with E-state index in [2.05, 4.69) is 15.1 Å². The first-order valence-electron chi connectivity index (χ1n) is 11.0. The molecule has 1 aliphatic heterocycles. The smallest absolute Gasteiger partial charge is 0.239 e. The van der Waals surface area contributed by atoms with Crippen LogP contribution in [0.25, 0.3) is 0 Å². The third-order valence-corrected chi connectivity index (χ3v) is 6.48. The van der Waals surface area contributed by atoms with Gasteiger partial charge in [-0.25, -0.2) is 0 Å². The number of carbonyl (C=O) groups is 2. The van der Waals surface area contributed by atoms with Crippen molar-refractivity contribution in [2.75, 3.05) is 45.1 Å². The minimum atomic E-state index is -0.0922.